The number of nitriles is 1. The first-order chi connectivity index (χ1) is 17.1. The van der Waals surface area contributed by atoms with Gasteiger partial charge in [0.1, 0.15) is 11.6 Å². The van der Waals surface area contributed by atoms with Gasteiger partial charge in [-0.05, 0) is 75.6 Å². The van der Waals surface area contributed by atoms with Gasteiger partial charge in [0.2, 0.25) is 0 Å². The van der Waals surface area contributed by atoms with Crippen LogP contribution in [0.4, 0.5) is 11.4 Å². The largest absolute Gasteiger partial charge is 0.494 e. The van der Waals surface area contributed by atoms with Crippen molar-refractivity contribution in [3.05, 3.63) is 42.4 Å². The molecule has 0 bridgehead atoms. The summed E-state index contributed by atoms with van der Waals surface area (Å²) in [6, 6.07) is 10.2. The second-order valence-electron chi connectivity index (χ2n) is 9.33. The Labute approximate surface area is 208 Å². The molecule has 1 amide bonds. The Morgan fingerprint density at radius 3 is 2.71 bits per heavy atom. The molecular formula is C25H25N7O2S. The highest BCUT2D eigenvalue weighted by Crippen LogP contribution is 2.48. The van der Waals surface area contributed by atoms with Crippen molar-refractivity contribution in [2.45, 2.75) is 43.7 Å². The van der Waals surface area contributed by atoms with E-state index in [9.17, 15) is 10.1 Å². The molecule has 0 atom stereocenters. The van der Waals surface area contributed by atoms with E-state index in [1.54, 1.807) is 6.07 Å². The van der Waals surface area contributed by atoms with Crippen LogP contribution in [0, 0.1) is 11.3 Å². The first kappa shape index (κ1) is 21.9. The van der Waals surface area contributed by atoms with Gasteiger partial charge in [-0.15, -0.1) is 0 Å². The van der Waals surface area contributed by atoms with E-state index >= 15 is 0 Å². The number of pyridine rings is 1. The van der Waals surface area contributed by atoms with Crippen LogP contribution in [0.15, 0.2) is 36.7 Å². The molecule has 1 saturated carbocycles. The lowest BCUT2D eigenvalue weighted by Crippen LogP contribution is -2.55. The van der Waals surface area contributed by atoms with Crippen molar-refractivity contribution in [3.63, 3.8) is 0 Å². The van der Waals surface area contributed by atoms with Crippen LogP contribution in [0.3, 0.4) is 0 Å². The van der Waals surface area contributed by atoms with E-state index in [0.29, 0.717) is 22.6 Å². The van der Waals surface area contributed by atoms with Crippen molar-refractivity contribution in [1.29, 1.82) is 5.26 Å². The van der Waals surface area contributed by atoms with Gasteiger partial charge < -0.3 is 15.0 Å². The molecule has 2 aliphatic heterocycles. The molecule has 4 heterocycles. The number of hydrogen-bond acceptors (Lipinski definition) is 7. The van der Waals surface area contributed by atoms with Crippen molar-refractivity contribution in [1.82, 2.24) is 20.1 Å². The van der Waals surface area contributed by atoms with Crippen LogP contribution in [0.5, 0.6) is 5.75 Å². The summed E-state index contributed by atoms with van der Waals surface area (Å²) in [5, 5.41) is 18.9. The molecule has 35 heavy (non-hydrogen) atoms. The number of ether oxygens (including phenoxy) is 1. The van der Waals surface area contributed by atoms with Gasteiger partial charge in [0.05, 0.1) is 30.6 Å². The van der Waals surface area contributed by atoms with Gasteiger partial charge in [0, 0.05) is 23.3 Å². The van der Waals surface area contributed by atoms with Crippen LogP contribution in [0.1, 0.15) is 43.8 Å². The van der Waals surface area contributed by atoms with Crippen LogP contribution in [0.25, 0.3) is 10.9 Å². The lowest BCUT2D eigenvalue weighted by atomic mass is 9.75. The molecule has 1 N–H and O–H groups in total. The number of thiocarbonyl (C=S) groups is 1. The molecule has 2 aromatic heterocycles. The standard InChI is InChI=1S/C25H25N7O2S/c1-34-22-12-19(14-28-21(22)13-26)31-23(33)25(7-2-8-25)32(24(31)35)18-3-4-20-16(11-18)15-30(29-20)17-5-9-27-10-6-17/h3-4,11-12,14-15,17,27H,2,5-10H2,1H3. The average Bonchev–Trinajstić information content (AvgIpc) is 3.39. The highest BCUT2D eigenvalue weighted by Gasteiger charge is 2.59. The quantitative estimate of drug-likeness (QED) is 0.560. The van der Waals surface area contributed by atoms with Crippen LogP contribution < -0.4 is 19.9 Å². The van der Waals surface area contributed by atoms with E-state index in [1.165, 1.54) is 18.2 Å². The number of carbonyl (C=O) groups excluding carboxylic acids is 1. The Kier molecular flexibility index (Phi) is 5.20. The van der Waals surface area contributed by atoms with Crippen LogP contribution in [0.2, 0.25) is 0 Å². The predicted molar refractivity (Wildman–Crippen MR) is 136 cm³/mol. The minimum absolute atomic E-state index is 0.0622. The molecule has 1 aliphatic carbocycles. The molecule has 3 fully saturated rings. The molecule has 2 saturated heterocycles. The third-order valence-electron chi connectivity index (χ3n) is 7.46. The third kappa shape index (κ3) is 3.30. The molecule has 1 spiro atoms. The summed E-state index contributed by atoms with van der Waals surface area (Å²) in [6.07, 6.45) is 8.16. The van der Waals surface area contributed by atoms with Gasteiger partial charge in [0.15, 0.2) is 16.6 Å². The number of carbonyl (C=O) groups is 1. The Balaban J connectivity index is 1.38. The van der Waals surface area contributed by atoms with E-state index in [0.717, 1.165) is 61.8 Å². The molecule has 9 nitrogen and oxygen atoms in total. The fraction of sp³-hybridized carbons (Fsp3) is 0.400. The van der Waals surface area contributed by atoms with Crippen molar-refractivity contribution in [3.8, 4) is 11.8 Å². The van der Waals surface area contributed by atoms with Crippen molar-refractivity contribution in [2.75, 3.05) is 30.0 Å². The summed E-state index contributed by atoms with van der Waals surface area (Å²) in [4.78, 5) is 21.5. The lowest BCUT2D eigenvalue weighted by Gasteiger charge is -2.43. The zero-order chi connectivity index (χ0) is 24.2. The van der Waals surface area contributed by atoms with E-state index in [1.807, 2.05) is 23.1 Å². The molecule has 1 aromatic carbocycles. The van der Waals surface area contributed by atoms with E-state index in [4.69, 9.17) is 22.1 Å². The Morgan fingerprint density at radius 1 is 1.23 bits per heavy atom. The van der Waals surface area contributed by atoms with Crippen molar-refractivity contribution < 1.29 is 9.53 Å². The van der Waals surface area contributed by atoms with Crippen LogP contribution in [-0.4, -0.2) is 51.5 Å². The topological polar surface area (TPSA) is 99.3 Å². The maximum absolute atomic E-state index is 13.8. The summed E-state index contributed by atoms with van der Waals surface area (Å²) in [6.45, 7) is 2.01. The second kappa shape index (κ2) is 8.29. The molecule has 3 aromatic rings. The van der Waals surface area contributed by atoms with Gasteiger partial charge in [-0.2, -0.15) is 10.4 Å². The number of piperidine rings is 1. The highest BCUT2D eigenvalue weighted by atomic mass is 32.1. The van der Waals surface area contributed by atoms with Gasteiger partial charge in [-0.3, -0.25) is 14.4 Å². The minimum atomic E-state index is -0.697. The number of nitrogens with zero attached hydrogens (tertiary/aromatic N) is 6. The summed E-state index contributed by atoms with van der Waals surface area (Å²) < 4.78 is 7.40. The lowest BCUT2D eigenvalue weighted by molar-refractivity contribution is -0.123. The van der Waals surface area contributed by atoms with E-state index < -0.39 is 5.54 Å². The molecule has 0 radical (unpaired) electrons. The average molecular weight is 488 g/mol. The van der Waals surface area contributed by atoms with E-state index in [2.05, 4.69) is 27.2 Å². The molecule has 6 rings (SSSR count). The summed E-state index contributed by atoms with van der Waals surface area (Å²) in [5.41, 5.74) is 1.79. The monoisotopic (exact) mass is 487 g/mol. The zero-order valence-electron chi connectivity index (χ0n) is 19.4. The molecular weight excluding hydrogens is 462 g/mol. The number of benzene rings is 1. The van der Waals surface area contributed by atoms with Crippen LogP contribution >= 0.6 is 12.2 Å². The van der Waals surface area contributed by atoms with Gasteiger partial charge in [-0.1, -0.05) is 0 Å². The molecule has 178 valence electrons. The van der Waals surface area contributed by atoms with Crippen LogP contribution in [-0.2, 0) is 4.79 Å². The van der Waals surface area contributed by atoms with E-state index in [-0.39, 0.29) is 11.6 Å². The number of hydrogen-bond donors (Lipinski definition) is 1. The number of amides is 1. The normalized spacial score (nSPS) is 19.9. The number of rotatable bonds is 4. The number of anilines is 2. The number of methoxy groups -OCH3 is 1. The Hall–Kier alpha value is -3.55. The smallest absolute Gasteiger partial charge is 0.259 e. The minimum Gasteiger partial charge on any atom is -0.494 e. The predicted octanol–water partition coefficient (Wildman–Crippen LogP) is 3.30. The first-order valence-corrected chi connectivity index (χ1v) is 12.3. The first-order valence-electron chi connectivity index (χ1n) is 11.9. The SMILES string of the molecule is COc1cc(N2C(=O)C3(CCC3)N(c3ccc4nn(C5CCNCC5)cc4c3)C2=S)cnc1C#N. The van der Waals surface area contributed by atoms with Crippen molar-refractivity contribution >= 4 is 45.5 Å². The third-order valence-corrected chi connectivity index (χ3v) is 7.83. The Bertz CT molecular complexity index is 1380. The fourth-order valence-electron chi connectivity index (χ4n) is 5.43. The number of aromatic nitrogens is 3. The zero-order valence-corrected chi connectivity index (χ0v) is 20.2. The fourth-order valence-corrected chi connectivity index (χ4v) is 5.90. The number of nitrogens with one attached hydrogen (secondary N) is 1. The van der Waals surface area contributed by atoms with Crippen molar-refractivity contribution in [2.24, 2.45) is 0 Å². The van der Waals surface area contributed by atoms with Gasteiger partial charge >= 0.3 is 0 Å². The maximum atomic E-state index is 13.8. The van der Waals surface area contributed by atoms with Gasteiger partial charge in [0.25, 0.3) is 5.91 Å². The molecule has 0 unspecified atom stereocenters. The Morgan fingerprint density at radius 2 is 2.03 bits per heavy atom. The summed E-state index contributed by atoms with van der Waals surface area (Å²) >= 11 is 5.89. The number of fused-ring (bicyclic) bond motifs is 1. The molecule has 3 aliphatic rings. The molecule has 10 heteroatoms. The highest BCUT2D eigenvalue weighted by molar-refractivity contribution is 7.81. The maximum Gasteiger partial charge on any atom is 0.259 e. The second-order valence-corrected chi connectivity index (χ2v) is 9.70. The summed E-state index contributed by atoms with van der Waals surface area (Å²) in [7, 11) is 1.48. The summed E-state index contributed by atoms with van der Waals surface area (Å²) in [5.74, 6) is 0.251. The van der Waals surface area contributed by atoms with Gasteiger partial charge in [-0.25, -0.2) is 4.98 Å².